The van der Waals surface area contributed by atoms with Crippen molar-refractivity contribution in [3.8, 4) is 0 Å². The van der Waals surface area contributed by atoms with Crippen LogP contribution in [0.3, 0.4) is 0 Å². The number of pyridine rings is 1. The molecule has 0 saturated carbocycles. The van der Waals surface area contributed by atoms with Crippen molar-refractivity contribution in [2.75, 3.05) is 32.7 Å². The number of likely N-dealkylation sites (tertiary alicyclic amines) is 2. The second-order valence-electron chi connectivity index (χ2n) is 13.2. The highest BCUT2D eigenvalue weighted by molar-refractivity contribution is 7.11. The first-order chi connectivity index (χ1) is 19.6. The molecule has 3 atom stereocenters. The summed E-state index contributed by atoms with van der Waals surface area (Å²) in [6.07, 6.45) is 7.90. The van der Waals surface area contributed by atoms with Gasteiger partial charge in [-0.05, 0) is 79.8 Å². The first-order valence-electron chi connectivity index (χ1n) is 15.3. The number of aryl methyl sites for hydroxylation is 2. The molecule has 2 saturated heterocycles. The molecule has 0 spiro atoms. The average molecular weight is 575 g/mol. The summed E-state index contributed by atoms with van der Waals surface area (Å²) in [5.41, 5.74) is 4.85. The smallest absolute Gasteiger partial charge is 0.321 e. The zero-order valence-corrected chi connectivity index (χ0v) is 26.2. The zero-order chi connectivity index (χ0) is 29.1. The minimum absolute atomic E-state index is 0.321. The number of benzene rings is 1. The largest absolute Gasteiger partial charge is 0.480 e. The van der Waals surface area contributed by atoms with E-state index in [1.807, 2.05) is 23.7 Å². The van der Waals surface area contributed by atoms with Crippen LogP contribution in [0.15, 0.2) is 48.8 Å². The van der Waals surface area contributed by atoms with Crippen molar-refractivity contribution in [3.63, 3.8) is 0 Å². The summed E-state index contributed by atoms with van der Waals surface area (Å²) in [5.74, 6) is 0.635. The molecule has 220 valence electrons. The summed E-state index contributed by atoms with van der Waals surface area (Å²) in [5, 5.41) is 11.4. The highest BCUT2D eigenvalue weighted by atomic mass is 32.1. The van der Waals surface area contributed by atoms with E-state index >= 15 is 0 Å². The van der Waals surface area contributed by atoms with E-state index in [1.165, 1.54) is 32.3 Å². The summed E-state index contributed by atoms with van der Waals surface area (Å²) in [6, 6.07) is 12.5. The fourth-order valence-electron chi connectivity index (χ4n) is 7.10. The third kappa shape index (κ3) is 7.07. The lowest BCUT2D eigenvalue weighted by Gasteiger charge is -2.36. The molecule has 7 heteroatoms. The van der Waals surface area contributed by atoms with E-state index in [9.17, 15) is 9.90 Å². The van der Waals surface area contributed by atoms with Gasteiger partial charge in [0, 0.05) is 49.2 Å². The lowest BCUT2D eigenvalue weighted by atomic mass is 9.85. The van der Waals surface area contributed by atoms with Crippen LogP contribution in [-0.4, -0.2) is 69.6 Å². The molecule has 6 nitrogen and oxygen atoms in total. The molecule has 0 aliphatic carbocycles. The number of hydrogen-bond acceptors (Lipinski definition) is 6. The van der Waals surface area contributed by atoms with Crippen LogP contribution in [0.4, 0.5) is 0 Å². The monoisotopic (exact) mass is 574 g/mol. The van der Waals surface area contributed by atoms with Gasteiger partial charge in [-0.2, -0.15) is 0 Å². The molecule has 4 heterocycles. The van der Waals surface area contributed by atoms with E-state index in [4.69, 9.17) is 4.98 Å². The van der Waals surface area contributed by atoms with Gasteiger partial charge in [-0.15, -0.1) is 11.3 Å². The van der Waals surface area contributed by atoms with Crippen LogP contribution in [0.5, 0.6) is 0 Å². The molecule has 2 fully saturated rings. The number of aromatic nitrogens is 2. The second-order valence-corrected chi connectivity index (χ2v) is 14.3. The summed E-state index contributed by atoms with van der Waals surface area (Å²) >= 11 is 1.91. The number of nitrogens with zero attached hydrogens (tertiary/aromatic N) is 4. The highest BCUT2D eigenvalue weighted by Crippen LogP contribution is 2.40. The summed E-state index contributed by atoms with van der Waals surface area (Å²) in [6.45, 7) is 15.4. The number of carbonyl (C=O) groups is 1. The Morgan fingerprint density at radius 1 is 1.12 bits per heavy atom. The first-order valence-corrected chi connectivity index (χ1v) is 16.1. The number of carboxylic acids is 1. The Hall–Kier alpha value is -2.61. The van der Waals surface area contributed by atoms with E-state index in [2.05, 4.69) is 85.8 Å². The van der Waals surface area contributed by atoms with Crippen molar-refractivity contribution in [3.05, 3.63) is 81.1 Å². The molecule has 41 heavy (non-hydrogen) atoms. The standard InChI is InChI=1S/C34H46N4O2S/c1-6-29-31(41-30(36-29)19-24-10-14-35-15-11-24)25-12-16-37(17-13-25)20-27-21-38(32(33(39)40)34(3,4)5)22-28(27)26-9-7-8-23(2)18-26/h7-11,14-15,18,25,27-28,32H,6,12-13,16-17,19-22H2,1-5H3,(H,39,40)/t27-,28+,32-/m0/s1. The minimum Gasteiger partial charge on any atom is -0.480 e. The van der Waals surface area contributed by atoms with Gasteiger partial charge in [0.05, 0.1) is 10.7 Å². The Morgan fingerprint density at radius 3 is 2.49 bits per heavy atom. The maximum absolute atomic E-state index is 12.4. The topological polar surface area (TPSA) is 69.6 Å². The normalized spacial score (nSPS) is 21.8. The van der Waals surface area contributed by atoms with Crippen molar-refractivity contribution in [1.82, 2.24) is 19.8 Å². The molecule has 1 aromatic carbocycles. The molecule has 2 aliphatic rings. The van der Waals surface area contributed by atoms with Gasteiger partial charge in [0.2, 0.25) is 0 Å². The van der Waals surface area contributed by atoms with Crippen molar-refractivity contribution in [2.45, 2.75) is 78.2 Å². The lowest BCUT2D eigenvalue weighted by Crippen LogP contribution is -2.48. The molecule has 0 radical (unpaired) electrons. The van der Waals surface area contributed by atoms with E-state index in [0.717, 1.165) is 58.4 Å². The molecule has 5 rings (SSSR count). The number of rotatable bonds is 9. The number of carboxylic acid groups (broad SMARTS) is 1. The molecule has 2 aromatic heterocycles. The Balaban J connectivity index is 1.27. The third-order valence-electron chi connectivity index (χ3n) is 9.02. The summed E-state index contributed by atoms with van der Waals surface area (Å²) in [7, 11) is 0. The van der Waals surface area contributed by atoms with Gasteiger partial charge >= 0.3 is 5.97 Å². The molecule has 3 aromatic rings. The predicted molar refractivity (Wildman–Crippen MR) is 167 cm³/mol. The van der Waals surface area contributed by atoms with Crippen molar-refractivity contribution in [1.29, 1.82) is 0 Å². The molecule has 1 N–H and O–H groups in total. The fraction of sp³-hybridized carbons (Fsp3) is 0.559. The number of piperidine rings is 1. The van der Waals surface area contributed by atoms with Gasteiger partial charge in [-0.1, -0.05) is 57.5 Å². The molecule has 0 amide bonds. The maximum atomic E-state index is 12.4. The van der Waals surface area contributed by atoms with E-state index in [0.29, 0.717) is 17.8 Å². The van der Waals surface area contributed by atoms with Crippen molar-refractivity contribution < 1.29 is 9.90 Å². The Bertz CT molecular complexity index is 1310. The zero-order valence-electron chi connectivity index (χ0n) is 25.3. The summed E-state index contributed by atoms with van der Waals surface area (Å²) < 4.78 is 0. The third-order valence-corrected chi connectivity index (χ3v) is 10.3. The van der Waals surface area contributed by atoms with E-state index < -0.39 is 12.0 Å². The Morgan fingerprint density at radius 2 is 1.85 bits per heavy atom. The number of thiazole rings is 1. The average Bonchev–Trinajstić information content (AvgIpc) is 3.52. The van der Waals surface area contributed by atoms with Crippen LogP contribution in [0.25, 0.3) is 0 Å². The fourth-order valence-corrected chi connectivity index (χ4v) is 8.46. The quantitative estimate of drug-likeness (QED) is 0.319. The van der Waals surface area contributed by atoms with Crippen molar-refractivity contribution >= 4 is 17.3 Å². The van der Waals surface area contributed by atoms with Gasteiger partial charge in [0.25, 0.3) is 0 Å². The van der Waals surface area contributed by atoms with Gasteiger partial charge in [0.1, 0.15) is 6.04 Å². The molecule has 0 bridgehead atoms. The van der Waals surface area contributed by atoms with E-state index in [1.54, 1.807) is 0 Å². The van der Waals surface area contributed by atoms with E-state index in [-0.39, 0.29) is 5.41 Å². The molecular weight excluding hydrogens is 528 g/mol. The second kappa shape index (κ2) is 12.7. The lowest BCUT2D eigenvalue weighted by molar-refractivity contribution is -0.147. The van der Waals surface area contributed by atoms with Crippen LogP contribution >= 0.6 is 11.3 Å². The van der Waals surface area contributed by atoms with Gasteiger partial charge in [0.15, 0.2) is 0 Å². The SMILES string of the molecule is CCc1nc(Cc2ccncc2)sc1C1CCN(C[C@H]2CN([C@@H](C(=O)O)C(C)(C)C)C[C@@H]2c2cccc(C)c2)CC1. The van der Waals surface area contributed by atoms with Crippen LogP contribution < -0.4 is 0 Å². The van der Waals surface area contributed by atoms with Crippen LogP contribution in [-0.2, 0) is 17.6 Å². The van der Waals surface area contributed by atoms with Crippen molar-refractivity contribution in [2.24, 2.45) is 11.3 Å². The highest BCUT2D eigenvalue weighted by Gasteiger charge is 2.44. The molecule has 2 aliphatic heterocycles. The Labute approximate surface area is 249 Å². The number of hydrogen-bond donors (Lipinski definition) is 1. The van der Waals surface area contributed by atoms with Crippen LogP contribution in [0.2, 0.25) is 0 Å². The Kier molecular flexibility index (Phi) is 9.27. The van der Waals surface area contributed by atoms with Crippen LogP contribution in [0, 0.1) is 18.3 Å². The maximum Gasteiger partial charge on any atom is 0.321 e. The van der Waals surface area contributed by atoms with Gasteiger partial charge in [-0.25, -0.2) is 4.98 Å². The first kappa shape index (κ1) is 29.9. The minimum atomic E-state index is -0.707. The molecular formula is C34H46N4O2S. The van der Waals surface area contributed by atoms with Crippen LogP contribution in [0.1, 0.15) is 84.6 Å². The van der Waals surface area contributed by atoms with Gasteiger partial charge in [-0.3, -0.25) is 14.7 Å². The predicted octanol–water partition coefficient (Wildman–Crippen LogP) is 6.39. The van der Waals surface area contributed by atoms with Gasteiger partial charge < -0.3 is 10.0 Å². The molecule has 0 unspecified atom stereocenters. The number of aliphatic carboxylic acids is 1. The summed E-state index contributed by atoms with van der Waals surface area (Å²) in [4.78, 5) is 28.0.